The Morgan fingerprint density at radius 3 is 2.96 bits per heavy atom. The third-order valence-corrected chi connectivity index (χ3v) is 4.46. The summed E-state index contributed by atoms with van der Waals surface area (Å²) >= 11 is 0. The number of carbonyl (C=O) groups excluding carboxylic acids is 1. The number of amides is 2. The van der Waals surface area contributed by atoms with Crippen molar-refractivity contribution in [3.8, 4) is 11.4 Å². The third-order valence-electron chi connectivity index (χ3n) is 4.46. The van der Waals surface area contributed by atoms with E-state index in [-0.39, 0.29) is 12.6 Å². The molecule has 1 aliphatic rings. The first-order chi connectivity index (χ1) is 12.2. The molecule has 3 aromatic rings. The van der Waals surface area contributed by atoms with Crippen LogP contribution in [0.3, 0.4) is 0 Å². The molecule has 0 fully saturated rings. The maximum Gasteiger partial charge on any atom is 0.319 e. The number of rotatable bonds is 4. The second-order valence-corrected chi connectivity index (χ2v) is 6.10. The molecule has 0 aliphatic heterocycles. The summed E-state index contributed by atoms with van der Waals surface area (Å²) in [5.41, 5.74) is 5.70. The predicted molar refractivity (Wildman–Crippen MR) is 92.9 cm³/mol. The summed E-state index contributed by atoms with van der Waals surface area (Å²) in [5, 5.41) is 20.7. The maximum atomic E-state index is 12.2. The number of H-pyrrole nitrogens is 1. The van der Waals surface area contributed by atoms with Crippen LogP contribution in [-0.2, 0) is 26.4 Å². The standard InChI is InChI=1S/C17H19N7O/c1-24-15(7-8-19-24)16-14(21-23-22-16)10-18-17(25)20-13-6-5-11-3-2-4-12(11)9-13/h5-9H,2-4,10H2,1H3,(H2,18,20,25)(H,21,22,23). The minimum Gasteiger partial charge on any atom is -0.332 e. The second kappa shape index (κ2) is 6.39. The number of hydrogen-bond acceptors (Lipinski definition) is 4. The van der Waals surface area contributed by atoms with Gasteiger partial charge in [0.15, 0.2) is 0 Å². The first-order valence-electron chi connectivity index (χ1n) is 8.25. The molecule has 0 spiro atoms. The van der Waals surface area contributed by atoms with Crippen LogP contribution in [0.5, 0.6) is 0 Å². The van der Waals surface area contributed by atoms with Gasteiger partial charge in [-0.15, -0.1) is 0 Å². The van der Waals surface area contributed by atoms with Crippen molar-refractivity contribution in [2.24, 2.45) is 7.05 Å². The van der Waals surface area contributed by atoms with Crippen LogP contribution in [0.25, 0.3) is 11.4 Å². The maximum absolute atomic E-state index is 12.2. The topological polar surface area (TPSA) is 101 Å². The summed E-state index contributed by atoms with van der Waals surface area (Å²) in [6, 6.07) is 7.68. The Hall–Kier alpha value is -3.16. The molecule has 2 amide bonds. The number of nitrogens with one attached hydrogen (secondary N) is 3. The Bertz CT molecular complexity index is 911. The third kappa shape index (κ3) is 3.10. The molecule has 0 saturated heterocycles. The van der Waals surface area contributed by atoms with Crippen molar-refractivity contribution in [3.63, 3.8) is 0 Å². The summed E-state index contributed by atoms with van der Waals surface area (Å²) in [5.74, 6) is 0. The van der Waals surface area contributed by atoms with Crippen LogP contribution < -0.4 is 10.6 Å². The average molecular weight is 337 g/mol. The van der Waals surface area contributed by atoms with E-state index in [1.165, 1.54) is 17.5 Å². The van der Waals surface area contributed by atoms with Gasteiger partial charge in [0, 0.05) is 18.9 Å². The molecule has 0 radical (unpaired) electrons. The van der Waals surface area contributed by atoms with E-state index in [1.54, 1.807) is 10.9 Å². The van der Waals surface area contributed by atoms with E-state index in [0.717, 1.165) is 24.2 Å². The molecule has 0 saturated carbocycles. The van der Waals surface area contributed by atoms with Gasteiger partial charge in [0.1, 0.15) is 11.4 Å². The number of benzene rings is 1. The molecule has 4 rings (SSSR count). The number of aromatic nitrogens is 5. The predicted octanol–water partition coefficient (Wildman–Crippen LogP) is 2.02. The lowest BCUT2D eigenvalue weighted by Crippen LogP contribution is -2.28. The van der Waals surface area contributed by atoms with Crippen LogP contribution >= 0.6 is 0 Å². The van der Waals surface area contributed by atoms with Gasteiger partial charge in [-0.25, -0.2) is 4.79 Å². The molecule has 25 heavy (non-hydrogen) atoms. The van der Waals surface area contributed by atoms with Gasteiger partial charge in [-0.1, -0.05) is 6.07 Å². The van der Waals surface area contributed by atoms with Gasteiger partial charge in [-0.2, -0.15) is 20.5 Å². The molecule has 0 atom stereocenters. The number of carbonyl (C=O) groups is 1. The molecule has 1 aliphatic carbocycles. The summed E-state index contributed by atoms with van der Waals surface area (Å²) in [7, 11) is 1.84. The van der Waals surface area contributed by atoms with Crippen molar-refractivity contribution >= 4 is 11.7 Å². The largest absolute Gasteiger partial charge is 0.332 e. The molecule has 128 valence electrons. The first kappa shape index (κ1) is 15.4. The Morgan fingerprint density at radius 2 is 2.12 bits per heavy atom. The SMILES string of the molecule is Cn1nccc1-c1n[nH]nc1CNC(=O)Nc1ccc2c(c1)CCC2. The zero-order valence-electron chi connectivity index (χ0n) is 13.9. The lowest BCUT2D eigenvalue weighted by Gasteiger charge is -2.09. The molecule has 0 bridgehead atoms. The fourth-order valence-electron chi connectivity index (χ4n) is 3.18. The van der Waals surface area contributed by atoms with E-state index in [2.05, 4.69) is 43.3 Å². The molecular formula is C17H19N7O. The Kier molecular flexibility index (Phi) is 3.93. The van der Waals surface area contributed by atoms with Crippen molar-refractivity contribution in [2.75, 3.05) is 5.32 Å². The van der Waals surface area contributed by atoms with Crippen molar-refractivity contribution in [1.29, 1.82) is 0 Å². The molecule has 3 N–H and O–H groups in total. The quantitative estimate of drug-likeness (QED) is 0.678. The molecule has 1 aromatic carbocycles. The Balaban J connectivity index is 1.40. The lowest BCUT2D eigenvalue weighted by atomic mass is 10.1. The van der Waals surface area contributed by atoms with Crippen LogP contribution in [0.2, 0.25) is 0 Å². The first-order valence-corrected chi connectivity index (χ1v) is 8.25. The van der Waals surface area contributed by atoms with Crippen molar-refractivity contribution < 1.29 is 4.79 Å². The summed E-state index contributed by atoms with van der Waals surface area (Å²) in [6.07, 6.45) is 5.10. The fraction of sp³-hybridized carbons (Fsp3) is 0.294. The molecule has 2 heterocycles. The van der Waals surface area contributed by atoms with Crippen molar-refractivity contribution in [3.05, 3.63) is 47.3 Å². The van der Waals surface area contributed by atoms with Gasteiger partial charge < -0.3 is 10.6 Å². The van der Waals surface area contributed by atoms with E-state index in [0.29, 0.717) is 11.4 Å². The van der Waals surface area contributed by atoms with Crippen molar-refractivity contribution in [1.82, 2.24) is 30.5 Å². The number of nitrogens with zero attached hydrogens (tertiary/aromatic N) is 4. The van der Waals surface area contributed by atoms with Gasteiger partial charge in [-0.3, -0.25) is 4.68 Å². The number of aromatic amines is 1. The number of anilines is 1. The zero-order chi connectivity index (χ0) is 17.2. The molecule has 8 heteroatoms. The molecule has 8 nitrogen and oxygen atoms in total. The van der Waals surface area contributed by atoms with Crippen LogP contribution in [-0.4, -0.2) is 31.2 Å². The smallest absolute Gasteiger partial charge is 0.319 e. The van der Waals surface area contributed by atoms with Gasteiger partial charge in [0.25, 0.3) is 0 Å². The number of fused-ring (bicyclic) bond motifs is 1. The number of aryl methyl sites for hydroxylation is 3. The van der Waals surface area contributed by atoms with Crippen LogP contribution in [0, 0.1) is 0 Å². The summed E-state index contributed by atoms with van der Waals surface area (Å²) in [6.45, 7) is 0.272. The van der Waals surface area contributed by atoms with E-state index >= 15 is 0 Å². The number of urea groups is 1. The van der Waals surface area contributed by atoms with E-state index in [4.69, 9.17) is 0 Å². The zero-order valence-corrected chi connectivity index (χ0v) is 13.9. The number of hydrogen-bond donors (Lipinski definition) is 3. The van der Waals surface area contributed by atoms with Gasteiger partial charge in [0.05, 0.1) is 12.2 Å². The average Bonchev–Trinajstić information content (AvgIpc) is 3.32. The minimum atomic E-state index is -0.267. The Labute approximate surface area is 144 Å². The van der Waals surface area contributed by atoms with Crippen LogP contribution in [0.4, 0.5) is 10.5 Å². The molecular weight excluding hydrogens is 318 g/mol. The van der Waals surface area contributed by atoms with E-state index < -0.39 is 0 Å². The highest BCUT2D eigenvalue weighted by Gasteiger charge is 2.15. The van der Waals surface area contributed by atoms with Crippen molar-refractivity contribution in [2.45, 2.75) is 25.8 Å². The normalized spacial score (nSPS) is 12.8. The fourth-order valence-corrected chi connectivity index (χ4v) is 3.18. The lowest BCUT2D eigenvalue weighted by molar-refractivity contribution is 0.251. The van der Waals surface area contributed by atoms with Gasteiger partial charge >= 0.3 is 6.03 Å². The highest BCUT2D eigenvalue weighted by Crippen LogP contribution is 2.25. The second-order valence-electron chi connectivity index (χ2n) is 6.10. The Morgan fingerprint density at radius 1 is 1.24 bits per heavy atom. The van der Waals surface area contributed by atoms with Gasteiger partial charge in [-0.05, 0) is 48.6 Å². The summed E-state index contributed by atoms with van der Waals surface area (Å²) < 4.78 is 1.71. The molecule has 2 aromatic heterocycles. The van der Waals surface area contributed by atoms with E-state index in [9.17, 15) is 4.79 Å². The summed E-state index contributed by atoms with van der Waals surface area (Å²) in [4.78, 5) is 12.2. The highest BCUT2D eigenvalue weighted by molar-refractivity contribution is 5.89. The van der Waals surface area contributed by atoms with Crippen LogP contribution in [0.1, 0.15) is 23.2 Å². The monoisotopic (exact) mass is 337 g/mol. The van der Waals surface area contributed by atoms with Crippen LogP contribution in [0.15, 0.2) is 30.5 Å². The van der Waals surface area contributed by atoms with E-state index in [1.807, 2.05) is 19.2 Å². The minimum absolute atomic E-state index is 0.267. The molecule has 0 unspecified atom stereocenters. The highest BCUT2D eigenvalue weighted by atomic mass is 16.2. The van der Waals surface area contributed by atoms with Gasteiger partial charge in [0.2, 0.25) is 0 Å².